The molecule has 0 bridgehead atoms. The van der Waals surface area contributed by atoms with Gasteiger partial charge in [-0.15, -0.1) is 0 Å². The molecule has 0 aromatic heterocycles. The number of hydrogen-bond acceptors (Lipinski definition) is 5. The fourth-order valence-electron chi connectivity index (χ4n) is 2.55. The Bertz CT molecular complexity index is 596. The molecule has 0 unspecified atom stereocenters. The van der Waals surface area contributed by atoms with Crippen LogP contribution in [0.1, 0.15) is 12.8 Å². The van der Waals surface area contributed by atoms with E-state index >= 15 is 0 Å². The van der Waals surface area contributed by atoms with Crippen LogP contribution >= 0.6 is 0 Å². The highest BCUT2D eigenvalue weighted by molar-refractivity contribution is 7.89. The molecule has 0 N–H and O–H groups in total. The zero-order valence-corrected chi connectivity index (χ0v) is 14.1. The van der Waals surface area contributed by atoms with Crippen LogP contribution in [0.25, 0.3) is 0 Å². The van der Waals surface area contributed by atoms with Crippen molar-refractivity contribution in [2.45, 2.75) is 17.7 Å². The summed E-state index contributed by atoms with van der Waals surface area (Å²) in [6, 6.07) is 4.72. The zero-order valence-electron chi connectivity index (χ0n) is 13.2. The molecule has 1 fully saturated rings. The smallest absolute Gasteiger partial charge is 0.246 e. The van der Waals surface area contributed by atoms with Crippen molar-refractivity contribution in [2.24, 2.45) is 5.92 Å². The topological polar surface area (TPSA) is 65.1 Å². The molecule has 2 rings (SSSR count). The quantitative estimate of drug-likeness (QED) is 0.795. The van der Waals surface area contributed by atoms with Crippen molar-refractivity contribution in [3.63, 3.8) is 0 Å². The number of hydrogen-bond donors (Lipinski definition) is 0. The second-order valence-electron chi connectivity index (χ2n) is 5.36. The van der Waals surface area contributed by atoms with E-state index in [1.54, 1.807) is 19.2 Å². The summed E-state index contributed by atoms with van der Waals surface area (Å²) in [5.74, 6) is 1.18. The Hall–Kier alpha value is -1.31. The minimum absolute atomic E-state index is 0.158. The lowest BCUT2D eigenvalue weighted by Gasteiger charge is -2.27. The number of sulfonamides is 1. The van der Waals surface area contributed by atoms with Crippen LogP contribution in [0.15, 0.2) is 23.1 Å². The molecule has 124 valence electrons. The number of rotatable bonds is 6. The molecule has 6 nitrogen and oxygen atoms in total. The summed E-state index contributed by atoms with van der Waals surface area (Å²) < 4.78 is 42.5. The first-order valence-electron chi connectivity index (χ1n) is 7.25. The van der Waals surface area contributed by atoms with E-state index in [0.717, 1.165) is 12.8 Å². The van der Waals surface area contributed by atoms with Crippen LogP contribution in [0.2, 0.25) is 0 Å². The molecule has 0 aliphatic carbocycles. The summed E-state index contributed by atoms with van der Waals surface area (Å²) >= 11 is 0. The van der Waals surface area contributed by atoms with Gasteiger partial charge in [0, 0.05) is 32.9 Å². The maximum atomic E-state index is 12.8. The maximum absolute atomic E-state index is 12.8. The van der Waals surface area contributed by atoms with Crippen molar-refractivity contribution in [3.8, 4) is 11.5 Å². The van der Waals surface area contributed by atoms with Gasteiger partial charge in [0.1, 0.15) is 16.4 Å². The fourth-order valence-corrected chi connectivity index (χ4v) is 3.93. The minimum Gasteiger partial charge on any atom is -0.497 e. The zero-order chi connectivity index (χ0) is 16.2. The molecule has 22 heavy (non-hydrogen) atoms. The standard InChI is InChI=1S/C15H23NO5S/c1-16(11-12-6-8-21-9-7-12)22(17,18)15-5-4-13(19-2)10-14(15)20-3/h4-5,10,12H,6-9,11H2,1-3H3. The largest absolute Gasteiger partial charge is 0.497 e. The molecule has 1 aliphatic heterocycles. The number of nitrogens with zero attached hydrogens (tertiary/aromatic N) is 1. The molecule has 0 amide bonds. The van der Waals surface area contributed by atoms with Crippen molar-refractivity contribution in [1.29, 1.82) is 0 Å². The maximum Gasteiger partial charge on any atom is 0.246 e. The van der Waals surface area contributed by atoms with Crippen molar-refractivity contribution in [3.05, 3.63) is 18.2 Å². The van der Waals surface area contributed by atoms with E-state index in [0.29, 0.717) is 31.4 Å². The molecular weight excluding hydrogens is 306 g/mol. The minimum atomic E-state index is -3.59. The summed E-state index contributed by atoms with van der Waals surface area (Å²) in [5.41, 5.74) is 0. The molecule has 7 heteroatoms. The van der Waals surface area contributed by atoms with Crippen LogP contribution in [0, 0.1) is 5.92 Å². The normalized spacial score (nSPS) is 16.7. The number of methoxy groups -OCH3 is 2. The highest BCUT2D eigenvalue weighted by Gasteiger charge is 2.28. The fraction of sp³-hybridized carbons (Fsp3) is 0.600. The Morgan fingerprint density at radius 2 is 1.91 bits per heavy atom. The van der Waals surface area contributed by atoms with Crippen LogP contribution in [0.5, 0.6) is 11.5 Å². The highest BCUT2D eigenvalue weighted by atomic mass is 32.2. The predicted octanol–water partition coefficient (Wildman–Crippen LogP) is 1.75. The second kappa shape index (κ2) is 7.30. The summed E-state index contributed by atoms with van der Waals surface area (Å²) in [4.78, 5) is 0.158. The van der Waals surface area contributed by atoms with Gasteiger partial charge in [-0.05, 0) is 30.9 Å². The van der Waals surface area contributed by atoms with E-state index in [1.807, 2.05) is 0 Å². The Morgan fingerprint density at radius 3 is 2.50 bits per heavy atom. The van der Waals surface area contributed by atoms with Crippen molar-refractivity contribution in [2.75, 3.05) is 41.0 Å². The molecule has 1 heterocycles. The van der Waals surface area contributed by atoms with Crippen LogP contribution in [-0.2, 0) is 14.8 Å². The monoisotopic (exact) mass is 329 g/mol. The lowest BCUT2D eigenvalue weighted by Crippen LogP contribution is -2.34. The lowest BCUT2D eigenvalue weighted by atomic mass is 10.0. The molecule has 1 saturated heterocycles. The number of benzene rings is 1. The Morgan fingerprint density at radius 1 is 1.23 bits per heavy atom. The SMILES string of the molecule is COc1ccc(S(=O)(=O)N(C)CC2CCOCC2)c(OC)c1. The third kappa shape index (κ3) is 3.71. The summed E-state index contributed by atoms with van der Waals surface area (Å²) in [6.45, 7) is 1.88. The molecular formula is C15H23NO5S. The average molecular weight is 329 g/mol. The summed E-state index contributed by atoms with van der Waals surface area (Å²) in [5, 5.41) is 0. The van der Waals surface area contributed by atoms with Gasteiger partial charge in [-0.1, -0.05) is 0 Å². The Balaban J connectivity index is 2.21. The molecule has 1 aromatic carbocycles. The third-order valence-electron chi connectivity index (χ3n) is 3.92. The van der Waals surface area contributed by atoms with Gasteiger partial charge in [-0.25, -0.2) is 12.7 Å². The van der Waals surface area contributed by atoms with Gasteiger partial charge in [-0.3, -0.25) is 0 Å². The van der Waals surface area contributed by atoms with E-state index in [4.69, 9.17) is 14.2 Å². The van der Waals surface area contributed by atoms with Gasteiger partial charge in [0.15, 0.2) is 0 Å². The highest BCUT2D eigenvalue weighted by Crippen LogP contribution is 2.31. The van der Waals surface area contributed by atoms with Crippen molar-refractivity contribution in [1.82, 2.24) is 4.31 Å². The van der Waals surface area contributed by atoms with Gasteiger partial charge in [0.25, 0.3) is 0 Å². The van der Waals surface area contributed by atoms with Crippen molar-refractivity contribution >= 4 is 10.0 Å². The van der Waals surface area contributed by atoms with E-state index in [2.05, 4.69) is 0 Å². The first-order valence-corrected chi connectivity index (χ1v) is 8.69. The van der Waals surface area contributed by atoms with Gasteiger partial charge < -0.3 is 14.2 Å². The van der Waals surface area contributed by atoms with E-state index in [9.17, 15) is 8.42 Å². The first-order chi connectivity index (χ1) is 10.5. The van der Waals surface area contributed by atoms with Crippen LogP contribution in [0.4, 0.5) is 0 Å². The average Bonchev–Trinajstić information content (AvgIpc) is 2.55. The number of ether oxygens (including phenoxy) is 3. The van der Waals surface area contributed by atoms with Gasteiger partial charge in [-0.2, -0.15) is 0 Å². The summed E-state index contributed by atoms with van der Waals surface area (Å²) in [6.07, 6.45) is 1.78. The molecule has 0 atom stereocenters. The molecule has 0 radical (unpaired) electrons. The Labute approximate surface area is 132 Å². The first kappa shape index (κ1) is 17.1. The van der Waals surface area contributed by atoms with Crippen LogP contribution < -0.4 is 9.47 Å². The van der Waals surface area contributed by atoms with Crippen molar-refractivity contribution < 1.29 is 22.6 Å². The van der Waals surface area contributed by atoms with Crippen LogP contribution in [0.3, 0.4) is 0 Å². The lowest BCUT2D eigenvalue weighted by molar-refractivity contribution is 0.0620. The van der Waals surface area contributed by atoms with Crippen LogP contribution in [-0.4, -0.2) is 53.7 Å². The molecule has 1 aromatic rings. The molecule has 0 spiro atoms. The van der Waals surface area contributed by atoms with E-state index in [1.165, 1.54) is 24.6 Å². The van der Waals surface area contributed by atoms with Gasteiger partial charge in [0.05, 0.1) is 14.2 Å². The Kier molecular flexibility index (Phi) is 5.66. The third-order valence-corrected chi connectivity index (χ3v) is 5.78. The van der Waals surface area contributed by atoms with E-state index in [-0.39, 0.29) is 10.6 Å². The second-order valence-corrected chi connectivity index (χ2v) is 7.37. The van der Waals surface area contributed by atoms with Gasteiger partial charge >= 0.3 is 0 Å². The summed E-state index contributed by atoms with van der Waals surface area (Å²) in [7, 11) is 0.990. The predicted molar refractivity (Wildman–Crippen MR) is 82.9 cm³/mol. The van der Waals surface area contributed by atoms with Gasteiger partial charge in [0.2, 0.25) is 10.0 Å². The molecule has 1 aliphatic rings. The van der Waals surface area contributed by atoms with E-state index < -0.39 is 10.0 Å². The molecule has 0 saturated carbocycles.